The molecule has 0 aromatic heterocycles. The summed E-state index contributed by atoms with van der Waals surface area (Å²) in [5.74, 6) is 0. The average molecular weight is 278 g/mol. The van der Waals surface area contributed by atoms with E-state index in [4.69, 9.17) is 10.5 Å². The summed E-state index contributed by atoms with van der Waals surface area (Å²) in [4.78, 5) is 0. The molecule has 1 saturated heterocycles. The number of ether oxygens (including phenoxy) is 1. The van der Waals surface area contributed by atoms with Crippen molar-refractivity contribution in [3.05, 3.63) is 0 Å². The molecule has 5 nitrogen and oxygen atoms in total. The number of hydrogen-bond donors (Lipinski definition) is 2. The first-order valence-electron chi connectivity index (χ1n) is 6.52. The Hall–Kier alpha value is -0.170. The molecular weight excluding hydrogens is 252 g/mol. The second kappa shape index (κ2) is 6.32. The minimum Gasteiger partial charge on any atom is -0.381 e. The standard InChI is InChI=1S/C12H26N2O3S/c1-12(2,3)8-10(13)9-14-18(15,16)11-4-6-17-7-5-11/h10-11,14H,4-9,13H2,1-3H3. The first-order chi connectivity index (χ1) is 8.21. The van der Waals surface area contributed by atoms with Gasteiger partial charge in [0.2, 0.25) is 10.0 Å². The van der Waals surface area contributed by atoms with Crippen LogP contribution in [-0.2, 0) is 14.8 Å². The molecule has 1 aliphatic heterocycles. The first kappa shape index (κ1) is 15.9. The molecule has 0 saturated carbocycles. The Balaban J connectivity index is 2.41. The fourth-order valence-corrected chi connectivity index (χ4v) is 3.68. The molecule has 0 amide bonds. The van der Waals surface area contributed by atoms with E-state index in [2.05, 4.69) is 25.5 Å². The molecule has 0 aromatic rings. The minimum absolute atomic E-state index is 0.115. The minimum atomic E-state index is -3.24. The number of sulfonamides is 1. The molecule has 108 valence electrons. The van der Waals surface area contributed by atoms with Crippen LogP contribution in [0.1, 0.15) is 40.0 Å². The van der Waals surface area contributed by atoms with Gasteiger partial charge in [-0.15, -0.1) is 0 Å². The Labute approximate surface area is 111 Å². The Morgan fingerprint density at radius 2 is 1.89 bits per heavy atom. The SMILES string of the molecule is CC(C)(C)CC(N)CNS(=O)(=O)C1CCOCC1. The number of rotatable bonds is 5. The van der Waals surface area contributed by atoms with Gasteiger partial charge < -0.3 is 10.5 Å². The molecule has 0 bridgehead atoms. The monoisotopic (exact) mass is 278 g/mol. The largest absolute Gasteiger partial charge is 0.381 e. The van der Waals surface area contributed by atoms with Gasteiger partial charge in [-0.05, 0) is 24.7 Å². The third-order valence-corrected chi connectivity index (χ3v) is 4.95. The average Bonchev–Trinajstić information content (AvgIpc) is 2.26. The van der Waals surface area contributed by atoms with Gasteiger partial charge in [-0.25, -0.2) is 13.1 Å². The highest BCUT2D eigenvalue weighted by Crippen LogP contribution is 2.20. The second-order valence-corrected chi connectivity index (χ2v) is 8.28. The van der Waals surface area contributed by atoms with Crippen LogP contribution >= 0.6 is 0 Å². The maximum absolute atomic E-state index is 12.0. The fraction of sp³-hybridized carbons (Fsp3) is 1.00. The molecule has 3 N–H and O–H groups in total. The topological polar surface area (TPSA) is 81.4 Å². The van der Waals surface area contributed by atoms with Crippen LogP contribution in [0.4, 0.5) is 0 Å². The maximum atomic E-state index is 12.0. The van der Waals surface area contributed by atoms with Crippen molar-refractivity contribution in [2.45, 2.75) is 51.3 Å². The quantitative estimate of drug-likeness (QED) is 0.781. The summed E-state index contributed by atoms with van der Waals surface area (Å²) in [7, 11) is -3.24. The van der Waals surface area contributed by atoms with Gasteiger partial charge in [-0.3, -0.25) is 0 Å². The van der Waals surface area contributed by atoms with E-state index < -0.39 is 10.0 Å². The van der Waals surface area contributed by atoms with Gasteiger partial charge in [-0.2, -0.15) is 0 Å². The zero-order chi connectivity index (χ0) is 13.8. The van der Waals surface area contributed by atoms with Gasteiger partial charge in [-0.1, -0.05) is 20.8 Å². The maximum Gasteiger partial charge on any atom is 0.214 e. The van der Waals surface area contributed by atoms with Gasteiger partial charge >= 0.3 is 0 Å². The van der Waals surface area contributed by atoms with E-state index in [1.54, 1.807) is 0 Å². The van der Waals surface area contributed by atoms with Gasteiger partial charge in [0.1, 0.15) is 0 Å². The van der Waals surface area contributed by atoms with E-state index in [-0.39, 0.29) is 16.7 Å². The molecular formula is C12H26N2O3S. The lowest BCUT2D eigenvalue weighted by Gasteiger charge is -2.26. The van der Waals surface area contributed by atoms with Crippen LogP contribution in [0.15, 0.2) is 0 Å². The molecule has 0 aromatic carbocycles. The van der Waals surface area contributed by atoms with Gasteiger partial charge in [0.05, 0.1) is 5.25 Å². The third-order valence-electron chi connectivity index (χ3n) is 3.03. The van der Waals surface area contributed by atoms with Crippen molar-refractivity contribution in [1.82, 2.24) is 4.72 Å². The first-order valence-corrected chi connectivity index (χ1v) is 8.07. The molecule has 1 unspecified atom stereocenters. The highest BCUT2D eigenvalue weighted by atomic mass is 32.2. The third kappa shape index (κ3) is 5.65. The van der Waals surface area contributed by atoms with Crippen LogP contribution in [0.3, 0.4) is 0 Å². The lowest BCUT2D eigenvalue weighted by atomic mass is 9.88. The van der Waals surface area contributed by atoms with Crippen LogP contribution in [-0.4, -0.2) is 39.5 Å². The Bertz CT molecular complexity index is 343. The summed E-state index contributed by atoms with van der Waals surface area (Å²) in [5.41, 5.74) is 6.06. The van der Waals surface area contributed by atoms with E-state index in [1.165, 1.54) is 0 Å². The smallest absolute Gasteiger partial charge is 0.214 e. The van der Waals surface area contributed by atoms with E-state index in [0.29, 0.717) is 32.6 Å². The summed E-state index contributed by atoms with van der Waals surface area (Å²) in [6, 6.07) is -0.139. The summed E-state index contributed by atoms with van der Waals surface area (Å²) in [6.45, 7) is 7.66. The Morgan fingerprint density at radius 1 is 1.33 bits per heavy atom. The molecule has 1 heterocycles. The molecule has 1 fully saturated rings. The zero-order valence-corrected chi connectivity index (χ0v) is 12.4. The van der Waals surface area contributed by atoms with E-state index in [0.717, 1.165) is 6.42 Å². The highest BCUT2D eigenvalue weighted by molar-refractivity contribution is 7.90. The van der Waals surface area contributed by atoms with Crippen molar-refractivity contribution in [1.29, 1.82) is 0 Å². The Morgan fingerprint density at radius 3 is 2.39 bits per heavy atom. The molecule has 6 heteroatoms. The second-order valence-electron chi connectivity index (χ2n) is 6.23. The number of nitrogens with one attached hydrogen (secondary N) is 1. The lowest BCUT2D eigenvalue weighted by Crippen LogP contribution is -2.44. The van der Waals surface area contributed by atoms with Crippen LogP contribution in [0.2, 0.25) is 0 Å². The number of hydrogen-bond acceptors (Lipinski definition) is 4. The molecule has 18 heavy (non-hydrogen) atoms. The van der Waals surface area contributed by atoms with E-state index in [1.807, 2.05) is 0 Å². The molecule has 1 rings (SSSR count). The molecule has 0 spiro atoms. The van der Waals surface area contributed by atoms with Gasteiger partial charge in [0, 0.05) is 25.8 Å². The zero-order valence-electron chi connectivity index (χ0n) is 11.6. The van der Waals surface area contributed by atoms with Crippen LogP contribution in [0.5, 0.6) is 0 Å². The predicted octanol–water partition coefficient (Wildman–Crippen LogP) is 0.848. The molecule has 0 radical (unpaired) electrons. The lowest BCUT2D eigenvalue weighted by molar-refractivity contribution is 0.0981. The van der Waals surface area contributed by atoms with Crippen molar-refractivity contribution in [3.63, 3.8) is 0 Å². The van der Waals surface area contributed by atoms with Gasteiger partial charge in [0.15, 0.2) is 0 Å². The van der Waals surface area contributed by atoms with Crippen molar-refractivity contribution in [3.8, 4) is 0 Å². The Kier molecular flexibility index (Phi) is 5.58. The molecule has 1 atom stereocenters. The van der Waals surface area contributed by atoms with Crippen molar-refractivity contribution >= 4 is 10.0 Å². The normalized spacial score (nSPS) is 20.9. The predicted molar refractivity (Wildman–Crippen MR) is 72.8 cm³/mol. The summed E-state index contributed by atoms with van der Waals surface area (Å²) in [6.07, 6.45) is 1.94. The van der Waals surface area contributed by atoms with Crippen LogP contribution < -0.4 is 10.5 Å². The molecule has 1 aliphatic rings. The van der Waals surface area contributed by atoms with Crippen LogP contribution in [0.25, 0.3) is 0 Å². The van der Waals surface area contributed by atoms with Gasteiger partial charge in [0.25, 0.3) is 0 Å². The van der Waals surface area contributed by atoms with Crippen molar-refractivity contribution in [2.24, 2.45) is 11.1 Å². The fourth-order valence-electron chi connectivity index (χ4n) is 2.19. The summed E-state index contributed by atoms with van der Waals surface area (Å²) in [5, 5.41) is -0.326. The van der Waals surface area contributed by atoms with Crippen molar-refractivity contribution in [2.75, 3.05) is 19.8 Å². The summed E-state index contributed by atoms with van der Waals surface area (Å²) >= 11 is 0. The van der Waals surface area contributed by atoms with E-state index >= 15 is 0 Å². The highest BCUT2D eigenvalue weighted by Gasteiger charge is 2.28. The molecule has 0 aliphatic carbocycles. The van der Waals surface area contributed by atoms with E-state index in [9.17, 15) is 8.42 Å². The summed E-state index contributed by atoms with van der Waals surface area (Å²) < 4.78 is 31.9. The van der Waals surface area contributed by atoms with Crippen molar-refractivity contribution < 1.29 is 13.2 Å². The van der Waals surface area contributed by atoms with Crippen LogP contribution in [0, 0.1) is 5.41 Å². The number of nitrogens with two attached hydrogens (primary N) is 1.